The van der Waals surface area contributed by atoms with Gasteiger partial charge < -0.3 is 18.9 Å². The molecule has 5 heteroatoms. The molecule has 180 valence electrons. The van der Waals surface area contributed by atoms with Crippen LogP contribution in [0.3, 0.4) is 0 Å². The van der Waals surface area contributed by atoms with E-state index in [9.17, 15) is 4.79 Å². The smallest absolute Gasteiger partial charge is 0.315 e. The maximum absolute atomic E-state index is 13.3. The number of ether oxygens (including phenoxy) is 4. The van der Waals surface area contributed by atoms with Crippen LogP contribution in [0.2, 0.25) is 0 Å². The maximum atomic E-state index is 13.3. The molecule has 4 rings (SSSR count). The quantitative estimate of drug-likeness (QED) is 0.274. The second-order valence-corrected chi connectivity index (χ2v) is 11.4. The van der Waals surface area contributed by atoms with Crippen molar-refractivity contribution in [2.24, 2.45) is 34.5 Å². The molecule has 0 N–H and O–H groups in total. The van der Waals surface area contributed by atoms with Crippen molar-refractivity contribution in [1.29, 1.82) is 0 Å². The molecule has 0 saturated heterocycles. The van der Waals surface area contributed by atoms with Crippen molar-refractivity contribution < 1.29 is 23.7 Å². The van der Waals surface area contributed by atoms with Gasteiger partial charge in [-0.2, -0.15) is 0 Å². The largest absolute Gasteiger partial charge is 0.431 e. The lowest BCUT2D eigenvalue weighted by atomic mass is 9.55. The summed E-state index contributed by atoms with van der Waals surface area (Å²) in [6.45, 7) is 14.7. The fourth-order valence-electron chi connectivity index (χ4n) is 7.44. The molecule has 5 nitrogen and oxygen atoms in total. The monoisotopic (exact) mass is 446 g/mol. The Kier molecular flexibility index (Phi) is 6.91. The lowest BCUT2D eigenvalue weighted by Gasteiger charge is -2.53. The Bertz CT molecular complexity index is 772. The molecule has 0 unspecified atom stereocenters. The van der Waals surface area contributed by atoms with Crippen LogP contribution < -0.4 is 0 Å². The number of fused-ring (bicyclic) bond motifs is 4. The number of rotatable bonds is 8. The third-order valence-corrected chi connectivity index (χ3v) is 9.21. The highest BCUT2D eigenvalue weighted by Crippen LogP contribution is 2.64. The number of allylic oxidation sites excluding steroid dienone is 2. The molecule has 0 aromatic rings. The first-order valence-corrected chi connectivity index (χ1v) is 12.5. The van der Waals surface area contributed by atoms with Crippen LogP contribution in [0, 0.1) is 34.5 Å². The summed E-state index contributed by atoms with van der Waals surface area (Å²) in [5.41, 5.74) is 2.58. The minimum atomic E-state index is -0.104. The van der Waals surface area contributed by atoms with Crippen LogP contribution in [0.4, 0.5) is 0 Å². The molecule has 32 heavy (non-hydrogen) atoms. The van der Waals surface area contributed by atoms with E-state index in [4.69, 9.17) is 18.9 Å². The van der Waals surface area contributed by atoms with Gasteiger partial charge in [0.25, 0.3) is 0 Å². The van der Waals surface area contributed by atoms with Gasteiger partial charge in [0, 0.05) is 25.0 Å². The van der Waals surface area contributed by atoms with E-state index in [0.717, 1.165) is 50.0 Å². The maximum Gasteiger partial charge on any atom is 0.315 e. The van der Waals surface area contributed by atoms with Crippen LogP contribution >= 0.6 is 0 Å². The molecule has 0 aromatic heterocycles. The van der Waals surface area contributed by atoms with Crippen molar-refractivity contribution in [3.05, 3.63) is 23.5 Å². The molecule has 0 amide bonds. The molecule has 0 radical (unpaired) electrons. The number of carbonyl (C=O) groups excluding carboxylic acids is 1. The summed E-state index contributed by atoms with van der Waals surface area (Å²) < 4.78 is 23.0. The fourth-order valence-corrected chi connectivity index (χ4v) is 7.44. The molecule has 4 aliphatic rings. The van der Waals surface area contributed by atoms with E-state index in [-0.39, 0.29) is 35.6 Å². The molecular weight excluding hydrogens is 404 g/mol. The highest BCUT2D eigenvalue weighted by atomic mass is 16.7. The van der Waals surface area contributed by atoms with Gasteiger partial charge in [0.15, 0.2) is 0 Å². The van der Waals surface area contributed by atoms with Crippen LogP contribution in [-0.4, -0.2) is 39.2 Å². The van der Waals surface area contributed by atoms with E-state index in [1.54, 1.807) is 7.11 Å². The van der Waals surface area contributed by atoms with Crippen LogP contribution in [0.1, 0.15) is 72.6 Å². The molecule has 2 saturated carbocycles. The Labute approximate surface area is 193 Å². The van der Waals surface area contributed by atoms with Gasteiger partial charge in [0.05, 0.1) is 18.6 Å². The van der Waals surface area contributed by atoms with E-state index in [0.29, 0.717) is 24.4 Å². The topological polar surface area (TPSA) is 54.0 Å². The first-order chi connectivity index (χ1) is 15.2. The molecule has 0 spiro atoms. The lowest BCUT2D eigenvalue weighted by Crippen LogP contribution is -2.50. The van der Waals surface area contributed by atoms with Crippen LogP contribution in [-0.2, 0) is 23.7 Å². The molecule has 2 fully saturated rings. The number of hydrogen-bond donors (Lipinski definition) is 0. The SMILES string of the molecule is C=C(C)COC[C@@H](C)[C@H]1CC[C@H]2C3=C(CC[C@]12C)[C@@]1(C)CC[C@H](OCOC)C[C@@H]1C(=O)O3. The Hall–Kier alpha value is -1.17. The molecule has 1 heterocycles. The molecule has 0 aromatic carbocycles. The van der Waals surface area contributed by atoms with E-state index >= 15 is 0 Å². The van der Waals surface area contributed by atoms with Crippen molar-refractivity contribution >= 4 is 5.97 Å². The highest BCUT2D eigenvalue weighted by Gasteiger charge is 2.59. The number of carbonyl (C=O) groups is 1. The van der Waals surface area contributed by atoms with Gasteiger partial charge in [-0.05, 0) is 74.7 Å². The van der Waals surface area contributed by atoms with Gasteiger partial charge >= 0.3 is 5.97 Å². The summed E-state index contributed by atoms with van der Waals surface area (Å²) in [5, 5.41) is 0. The van der Waals surface area contributed by atoms with Crippen molar-refractivity contribution in [1.82, 2.24) is 0 Å². The molecular formula is C27H42O5. The van der Waals surface area contributed by atoms with Gasteiger partial charge in [-0.25, -0.2) is 0 Å². The lowest BCUT2D eigenvalue weighted by molar-refractivity contribution is -0.164. The van der Waals surface area contributed by atoms with Crippen molar-refractivity contribution in [3.63, 3.8) is 0 Å². The van der Waals surface area contributed by atoms with Crippen LogP contribution in [0.5, 0.6) is 0 Å². The standard InChI is InChI=1S/C27H42O5/c1-17(2)14-30-15-18(3)20-7-8-21-24-22(10-12-26(20,21)4)27(5)11-9-19(31-16-29-6)13-23(27)25(28)32-24/h18-21,23H,1,7-16H2,2-6H3/t18-,19+,20-,21+,23-,26-,27-/m1/s1. The van der Waals surface area contributed by atoms with E-state index < -0.39 is 0 Å². The number of methoxy groups -OCH3 is 1. The average Bonchev–Trinajstić information content (AvgIpc) is 3.10. The predicted molar refractivity (Wildman–Crippen MR) is 124 cm³/mol. The summed E-state index contributed by atoms with van der Waals surface area (Å²) in [6, 6.07) is 0. The van der Waals surface area contributed by atoms with Gasteiger partial charge in [-0.3, -0.25) is 4.79 Å². The first-order valence-electron chi connectivity index (χ1n) is 12.5. The summed E-state index contributed by atoms with van der Waals surface area (Å²) >= 11 is 0. The second kappa shape index (κ2) is 9.23. The fraction of sp³-hybridized carbons (Fsp3) is 0.815. The second-order valence-electron chi connectivity index (χ2n) is 11.4. The van der Waals surface area contributed by atoms with E-state index in [2.05, 4.69) is 27.4 Å². The van der Waals surface area contributed by atoms with Crippen molar-refractivity contribution in [2.75, 3.05) is 27.1 Å². The van der Waals surface area contributed by atoms with Gasteiger partial charge in [0.2, 0.25) is 0 Å². The Morgan fingerprint density at radius 3 is 2.72 bits per heavy atom. The van der Waals surface area contributed by atoms with Gasteiger partial charge in [-0.15, -0.1) is 0 Å². The van der Waals surface area contributed by atoms with Crippen molar-refractivity contribution in [3.8, 4) is 0 Å². The van der Waals surface area contributed by atoms with Crippen LogP contribution in [0.25, 0.3) is 0 Å². The average molecular weight is 447 g/mol. The first kappa shape index (κ1) is 24.0. The third-order valence-electron chi connectivity index (χ3n) is 9.21. The zero-order valence-corrected chi connectivity index (χ0v) is 20.7. The normalized spacial score (nSPS) is 39.7. The third kappa shape index (κ3) is 4.10. The van der Waals surface area contributed by atoms with E-state index in [1.807, 2.05) is 6.92 Å². The number of hydrogen-bond acceptors (Lipinski definition) is 5. The molecule has 3 aliphatic carbocycles. The molecule has 0 bridgehead atoms. The van der Waals surface area contributed by atoms with Gasteiger partial charge in [-0.1, -0.05) is 32.9 Å². The zero-order valence-electron chi connectivity index (χ0n) is 20.7. The zero-order chi connectivity index (χ0) is 23.1. The number of esters is 1. The molecule has 1 aliphatic heterocycles. The predicted octanol–water partition coefficient (Wildman–Crippen LogP) is 5.65. The Morgan fingerprint density at radius 1 is 1.22 bits per heavy atom. The summed E-state index contributed by atoms with van der Waals surface area (Å²) in [7, 11) is 1.64. The van der Waals surface area contributed by atoms with Crippen LogP contribution in [0.15, 0.2) is 23.5 Å². The Balaban J connectivity index is 1.53. The van der Waals surface area contributed by atoms with E-state index in [1.165, 1.54) is 18.4 Å². The summed E-state index contributed by atoms with van der Waals surface area (Å²) in [4.78, 5) is 13.3. The highest BCUT2D eigenvalue weighted by molar-refractivity contribution is 5.77. The van der Waals surface area contributed by atoms with Crippen molar-refractivity contribution in [2.45, 2.75) is 78.7 Å². The summed E-state index contributed by atoms with van der Waals surface area (Å²) in [5.74, 6) is 2.33. The minimum Gasteiger partial charge on any atom is -0.431 e. The molecule has 7 atom stereocenters. The summed E-state index contributed by atoms with van der Waals surface area (Å²) in [6.07, 6.45) is 7.28. The Morgan fingerprint density at radius 2 is 2.00 bits per heavy atom. The minimum absolute atomic E-state index is 0.0393. The van der Waals surface area contributed by atoms with Gasteiger partial charge in [0.1, 0.15) is 12.6 Å².